The van der Waals surface area contributed by atoms with Crippen LogP contribution in [-0.2, 0) is 0 Å². The fraction of sp³-hybridized carbons (Fsp3) is 0.800. The van der Waals surface area contributed by atoms with Crippen molar-refractivity contribution in [1.29, 1.82) is 0 Å². The lowest BCUT2D eigenvalue weighted by atomic mass is 10.1. The fourth-order valence-corrected chi connectivity index (χ4v) is 2.96. The lowest BCUT2D eigenvalue weighted by Crippen LogP contribution is -1.96. The van der Waals surface area contributed by atoms with E-state index in [1.54, 1.807) is 0 Å². The smallest absolute Gasteiger partial charge is 0.0678 e. The Morgan fingerprint density at radius 2 is 1.53 bits per heavy atom. The van der Waals surface area contributed by atoms with Crippen molar-refractivity contribution >= 4 is 16.8 Å². The molecule has 0 atom stereocenters. The van der Waals surface area contributed by atoms with Gasteiger partial charge in [0.1, 0.15) is 0 Å². The highest BCUT2D eigenvalue weighted by Gasteiger charge is 2.01. The third kappa shape index (κ3) is 8.48. The third-order valence-electron chi connectivity index (χ3n) is 3.20. The highest BCUT2D eigenvalue weighted by Crippen LogP contribution is 2.16. The Bertz CT molecular complexity index is 223. The van der Waals surface area contributed by atoms with Crippen LogP contribution in [0, 0.1) is 0 Å². The summed E-state index contributed by atoms with van der Waals surface area (Å²) in [6.07, 6.45) is 15.7. The van der Waals surface area contributed by atoms with E-state index in [1.807, 2.05) is 17.8 Å². The van der Waals surface area contributed by atoms with Crippen LogP contribution in [0.25, 0.3) is 0 Å². The number of rotatable bonds is 2. The van der Waals surface area contributed by atoms with E-state index in [-0.39, 0.29) is 0 Å². The molecule has 0 spiro atoms. The fourth-order valence-electron chi connectivity index (χ4n) is 2.18. The van der Waals surface area contributed by atoms with E-state index in [1.165, 1.54) is 69.3 Å². The van der Waals surface area contributed by atoms with Crippen LogP contribution in [0.1, 0.15) is 64.2 Å². The van der Waals surface area contributed by atoms with E-state index < -0.39 is 0 Å². The minimum atomic E-state index is 1.01. The minimum absolute atomic E-state index is 1.01. The van der Waals surface area contributed by atoms with Crippen LogP contribution in [-0.4, -0.2) is 17.3 Å². The molecule has 0 unspecified atom stereocenters. The van der Waals surface area contributed by atoms with Crippen molar-refractivity contribution in [3.63, 3.8) is 0 Å². The number of hydrogen-bond acceptors (Lipinski definition) is 2. The second kappa shape index (κ2) is 10.9. The van der Waals surface area contributed by atoms with Crippen molar-refractivity contribution in [3.05, 3.63) is 12.7 Å². The van der Waals surface area contributed by atoms with Gasteiger partial charge in [0.05, 0.1) is 5.04 Å². The molecule has 0 saturated carbocycles. The maximum Gasteiger partial charge on any atom is 0.0678 e. The van der Waals surface area contributed by atoms with E-state index in [9.17, 15) is 0 Å². The maximum absolute atomic E-state index is 4.76. The van der Waals surface area contributed by atoms with Crippen molar-refractivity contribution in [2.45, 2.75) is 64.2 Å². The molecule has 0 bridgehead atoms. The maximum atomic E-state index is 4.76. The quantitative estimate of drug-likeness (QED) is 0.615. The molecule has 0 fully saturated rings. The molecule has 2 heteroatoms. The van der Waals surface area contributed by atoms with Crippen LogP contribution in [0.15, 0.2) is 17.6 Å². The molecule has 0 aromatic rings. The average molecular weight is 253 g/mol. The summed E-state index contributed by atoms with van der Waals surface area (Å²) in [7, 11) is 0. The molecule has 1 rings (SSSR count). The number of hydrogen-bond donors (Lipinski definition) is 0. The van der Waals surface area contributed by atoms with Gasteiger partial charge in [-0.1, -0.05) is 51.0 Å². The second-order valence-electron chi connectivity index (χ2n) is 4.81. The summed E-state index contributed by atoms with van der Waals surface area (Å²) in [5.41, 5.74) is 0. The van der Waals surface area contributed by atoms with Crippen molar-refractivity contribution < 1.29 is 0 Å². The van der Waals surface area contributed by atoms with E-state index in [0.29, 0.717) is 0 Å². The van der Waals surface area contributed by atoms with Crippen molar-refractivity contribution in [1.82, 2.24) is 0 Å². The number of thioether (sulfide) groups is 1. The Morgan fingerprint density at radius 3 is 2.18 bits per heavy atom. The van der Waals surface area contributed by atoms with E-state index in [4.69, 9.17) is 4.99 Å². The normalized spacial score (nSPS) is 20.6. The van der Waals surface area contributed by atoms with Gasteiger partial charge in [0.2, 0.25) is 0 Å². The Labute approximate surface area is 111 Å². The first kappa shape index (κ1) is 14.8. The predicted octanol–water partition coefficient (Wildman–Crippen LogP) is 5.22. The van der Waals surface area contributed by atoms with Crippen LogP contribution in [0.2, 0.25) is 0 Å². The summed E-state index contributed by atoms with van der Waals surface area (Å²) in [5, 5.41) is 1.36. The second-order valence-corrected chi connectivity index (χ2v) is 5.90. The van der Waals surface area contributed by atoms with Gasteiger partial charge >= 0.3 is 0 Å². The molecule has 1 aliphatic rings. The lowest BCUT2D eigenvalue weighted by Gasteiger charge is -2.05. The molecular weight excluding hydrogens is 226 g/mol. The van der Waals surface area contributed by atoms with Gasteiger partial charge in [0, 0.05) is 12.3 Å². The Kier molecular flexibility index (Phi) is 9.49. The molecule has 17 heavy (non-hydrogen) atoms. The van der Waals surface area contributed by atoms with Crippen molar-refractivity contribution in [2.75, 3.05) is 12.3 Å². The summed E-state index contributed by atoms with van der Waals surface area (Å²) in [5.74, 6) is 1.01. The zero-order valence-electron chi connectivity index (χ0n) is 11.1. The van der Waals surface area contributed by atoms with E-state index in [0.717, 1.165) is 12.3 Å². The first-order chi connectivity index (χ1) is 8.43. The van der Waals surface area contributed by atoms with Gasteiger partial charge in [-0.2, -0.15) is 0 Å². The Hall–Kier alpha value is -0.240. The zero-order valence-corrected chi connectivity index (χ0v) is 11.9. The standard InChI is InChI=1S/C15H27NS/c1-2-14-17-15-12-10-8-6-4-3-5-7-9-11-13-16-15/h2H,1,3-14H2. The summed E-state index contributed by atoms with van der Waals surface area (Å²) in [6, 6.07) is 0. The Morgan fingerprint density at radius 1 is 0.941 bits per heavy atom. The SMILES string of the molecule is C=CCSC1=NCCCCCCCCCCC1. The molecule has 1 nitrogen and oxygen atoms in total. The molecule has 0 aromatic heterocycles. The molecule has 0 amide bonds. The largest absolute Gasteiger partial charge is 0.283 e. The van der Waals surface area contributed by atoms with Crippen LogP contribution in [0.4, 0.5) is 0 Å². The first-order valence-corrected chi connectivity index (χ1v) is 8.19. The number of aliphatic imine (C=N–C) groups is 1. The molecule has 98 valence electrons. The third-order valence-corrected chi connectivity index (χ3v) is 4.27. The van der Waals surface area contributed by atoms with Gasteiger partial charge in [0.25, 0.3) is 0 Å². The van der Waals surface area contributed by atoms with Gasteiger partial charge in [0.15, 0.2) is 0 Å². The van der Waals surface area contributed by atoms with Crippen LogP contribution in [0.3, 0.4) is 0 Å². The van der Waals surface area contributed by atoms with Crippen LogP contribution in [0.5, 0.6) is 0 Å². The number of nitrogens with zero attached hydrogens (tertiary/aromatic N) is 1. The molecule has 0 N–H and O–H groups in total. The lowest BCUT2D eigenvalue weighted by molar-refractivity contribution is 0.567. The van der Waals surface area contributed by atoms with E-state index >= 15 is 0 Å². The molecular formula is C15H27NS. The topological polar surface area (TPSA) is 12.4 Å². The van der Waals surface area contributed by atoms with Gasteiger partial charge in [-0.05, 0) is 19.3 Å². The average Bonchev–Trinajstić information content (AvgIpc) is 2.37. The molecule has 0 radical (unpaired) electrons. The Balaban J connectivity index is 2.33. The summed E-state index contributed by atoms with van der Waals surface area (Å²) < 4.78 is 0. The monoisotopic (exact) mass is 253 g/mol. The van der Waals surface area contributed by atoms with Gasteiger partial charge in [-0.3, -0.25) is 4.99 Å². The highest BCUT2D eigenvalue weighted by atomic mass is 32.2. The summed E-state index contributed by atoms with van der Waals surface area (Å²) in [6.45, 7) is 4.83. The van der Waals surface area contributed by atoms with Gasteiger partial charge < -0.3 is 0 Å². The molecule has 1 heterocycles. The zero-order chi connectivity index (χ0) is 12.2. The minimum Gasteiger partial charge on any atom is -0.283 e. The van der Waals surface area contributed by atoms with Gasteiger partial charge in [-0.15, -0.1) is 18.3 Å². The van der Waals surface area contributed by atoms with E-state index in [2.05, 4.69) is 6.58 Å². The predicted molar refractivity (Wildman–Crippen MR) is 81.1 cm³/mol. The van der Waals surface area contributed by atoms with Crippen molar-refractivity contribution in [2.24, 2.45) is 4.99 Å². The van der Waals surface area contributed by atoms with Gasteiger partial charge in [-0.25, -0.2) is 0 Å². The molecule has 0 saturated heterocycles. The molecule has 0 aliphatic carbocycles. The molecule has 1 aliphatic heterocycles. The summed E-state index contributed by atoms with van der Waals surface area (Å²) in [4.78, 5) is 4.76. The van der Waals surface area contributed by atoms with Crippen LogP contribution >= 0.6 is 11.8 Å². The van der Waals surface area contributed by atoms with Crippen molar-refractivity contribution in [3.8, 4) is 0 Å². The summed E-state index contributed by atoms with van der Waals surface area (Å²) >= 11 is 1.89. The highest BCUT2D eigenvalue weighted by molar-refractivity contribution is 8.14. The molecule has 0 aromatic carbocycles. The van der Waals surface area contributed by atoms with Crippen LogP contribution < -0.4 is 0 Å². The first-order valence-electron chi connectivity index (χ1n) is 7.20.